The molecule has 0 saturated heterocycles. The van der Waals surface area contributed by atoms with Crippen molar-refractivity contribution in [3.8, 4) is 11.5 Å². The predicted molar refractivity (Wildman–Crippen MR) is 92.6 cm³/mol. The van der Waals surface area contributed by atoms with Gasteiger partial charge in [-0.25, -0.2) is 0 Å². The van der Waals surface area contributed by atoms with E-state index < -0.39 is 0 Å². The molecule has 24 heavy (non-hydrogen) atoms. The van der Waals surface area contributed by atoms with Crippen molar-refractivity contribution in [3.63, 3.8) is 0 Å². The fraction of sp³-hybridized carbons (Fsp3) is 0.316. The highest BCUT2D eigenvalue weighted by atomic mass is 16.5. The van der Waals surface area contributed by atoms with Crippen LogP contribution in [0.2, 0.25) is 0 Å². The lowest BCUT2D eigenvalue weighted by molar-refractivity contribution is 0.0939. The van der Waals surface area contributed by atoms with Crippen molar-refractivity contribution in [2.75, 3.05) is 21.3 Å². The highest BCUT2D eigenvalue weighted by Crippen LogP contribution is 2.29. The highest BCUT2D eigenvalue weighted by Gasteiger charge is 2.16. The molecule has 1 N–H and O–H groups in total. The van der Waals surface area contributed by atoms with Crippen molar-refractivity contribution in [2.24, 2.45) is 0 Å². The molecule has 0 aliphatic carbocycles. The molecule has 128 valence electrons. The summed E-state index contributed by atoms with van der Waals surface area (Å²) in [5.74, 6) is 1.25. The van der Waals surface area contributed by atoms with Gasteiger partial charge in [-0.05, 0) is 36.8 Å². The lowest BCUT2D eigenvalue weighted by Gasteiger charge is -2.18. The summed E-state index contributed by atoms with van der Waals surface area (Å²) >= 11 is 0. The maximum absolute atomic E-state index is 12.5. The minimum atomic E-state index is -0.204. The topological polar surface area (TPSA) is 56.8 Å². The van der Waals surface area contributed by atoms with E-state index in [1.165, 1.54) is 0 Å². The van der Waals surface area contributed by atoms with Crippen molar-refractivity contribution in [1.82, 2.24) is 5.32 Å². The molecule has 1 atom stereocenters. The minimum Gasteiger partial charge on any atom is -0.497 e. The van der Waals surface area contributed by atoms with E-state index in [2.05, 4.69) is 5.32 Å². The molecular weight excluding hydrogens is 306 g/mol. The van der Waals surface area contributed by atoms with Crippen molar-refractivity contribution in [2.45, 2.75) is 19.6 Å². The zero-order valence-electron chi connectivity index (χ0n) is 14.5. The zero-order valence-corrected chi connectivity index (χ0v) is 14.5. The maximum atomic E-state index is 12.5. The van der Waals surface area contributed by atoms with Crippen LogP contribution in [0.4, 0.5) is 0 Å². The molecule has 2 aromatic carbocycles. The Morgan fingerprint density at radius 3 is 2.54 bits per heavy atom. The number of benzene rings is 2. The summed E-state index contributed by atoms with van der Waals surface area (Å²) in [5.41, 5.74) is 2.45. The number of amides is 1. The molecule has 0 spiro atoms. The summed E-state index contributed by atoms with van der Waals surface area (Å²) in [6, 6.07) is 12.7. The van der Waals surface area contributed by atoms with E-state index in [1.54, 1.807) is 33.5 Å². The maximum Gasteiger partial charge on any atom is 0.251 e. The Morgan fingerprint density at radius 1 is 1.08 bits per heavy atom. The molecule has 2 aromatic rings. The molecule has 5 nitrogen and oxygen atoms in total. The smallest absolute Gasteiger partial charge is 0.251 e. The first-order chi connectivity index (χ1) is 11.6. The molecule has 0 aromatic heterocycles. The third kappa shape index (κ3) is 4.26. The van der Waals surface area contributed by atoms with E-state index in [4.69, 9.17) is 14.2 Å². The second kappa shape index (κ2) is 8.36. The first-order valence-corrected chi connectivity index (χ1v) is 7.69. The van der Waals surface area contributed by atoms with Gasteiger partial charge in [0.05, 0.1) is 26.9 Å². The van der Waals surface area contributed by atoms with Gasteiger partial charge in [0.2, 0.25) is 0 Å². The molecule has 5 heteroatoms. The average molecular weight is 329 g/mol. The van der Waals surface area contributed by atoms with Gasteiger partial charge >= 0.3 is 0 Å². The van der Waals surface area contributed by atoms with Gasteiger partial charge in [-0.15, -0.1) is 0 Å². The Morgan fingerprint density at radius 2 is 1.88 bits per heavy atom. The fourth-order valence-electron chi connectivity index (χ4n) is 2.50. The van der Waals surface area contributed by atoms with E-state index in [-0.39, 0.29) is 11.9 Å². The second-order valence-electron chi connectivity index (χ2n) is 5.44. The molecule has 1 unspecified atom stereocenters. The summed E-state index contributed by atoms with van der Waals surface area (Å²) in [7, 11) is 4.83. The first kappa shape index (κ1) is 17.8. The van der Waals surface area contributed by atoms with Crippen molar-refractivity contribution in [1.29, 1.82) is 0 Å². The number of hydrogen-bond acceptors (Lipinski definition) is 4. The third-order valence-corrected chi connectivity index (χ3v) is 3.75. The van der Waals surface area contributed by atoms with Gasteiger partial charge < -0.3 is 19.5 Å². The Labute approximate surface area is 142 Å². The number of ether oxygens (including phenoxy) is 3. The van der Waals surface area contributed by atoms with Crippen LogP contribution in [0, 0.1) is 0 Å². The van der Waals surface area contributed by atoms with E-state index in [0.29, 0.717) is 23.7 Å². The van der Waals surface area contributed by atoms with Gasteiger partial charge in [-0.1, -0.05) is 12.1 Å². The number of carbonyl (C=O) groups is 1. The van der Waals surface area contributed by atoms with Crippen LogP contribution in [-0.2, 0) is 11.3 Å². The summed E-state index contributed by atoms with van der Waals surface area (Å²) in [4.78, 5) is 12.5. The summed E-state index contributed by atoms with van der Waals surface area (Å²) in [5, 5.41) is 2.99. The Hall–Kier alpha value is -2.53. The van der Waals surface area contributed by atoms with Crippen LogP contribution < -0.4 is 14.8 Å². The largest absolute Gasteiger partial charge is 0.497 e. The van der Waals surface area contributed by atoms with Crippen LogP contribution in [0.3, 0.4) is 0 Å². The van der Waals surface area contributed by atoms with Gasteiger partial charge in [-0.3, -0.25) is 4.79 Å². The van der Waals surface area contributed by atoms with Gasteiger partial charge in [-0.2, -0.15) is 0 Å². The molecule has 0 aliphatic heterocycles. The van der Waals surface area contributed by atoms with Crippen LogP contribution in [-0.4, -0.2) is 27.2 Å². The zero-order chi connectivity index (χ0) is 17.5. The van der Waals surface area contributed by atoms with Crippen LogP contribution in [0.15, 0.2) is 42.5 Å². The van der Waals surface area contributed by atoms with Gasteiger partial charge in [0.25, 0.3) is 5.91 Å². The Kier molecular flexibility index (Phi) is 6.21. The molecule has 0 bridgehead atoms. The molecule has 0 heterocycles. The number of nitrogens with one attached hydrogen (secondary N) is 1. The van der Waals surface area contributed by atoms with Crippen LogP contribution in [0.1, 0.15) is 34.5 Å². The van der Waals surface area contributed by atoms with Gasteiger partial charge in [0.15, 0.2) is 0 Å². The predicted octanol–water partition coefficient (Wildman–Crippen LogP) is 3.34. The summed E-state index contributed by atoms with van der Waals surface area (Å²) in [6.45, 7) is 2.39. The highest BCUT2D eigenvalue weighted by molar-refractivity contribution is 5.94. The normalized spacial score (nSPS) is 11.7. The lowest BCUT2D eigenvalue weighted by atomic mass is 10.1. The molecular formula is C19H23NO4. The molecule has 0 aliphatic rings. The standard InChI is InChI=1S/C19H23NO4/c1-13(17-9-8-16(23-3)11-18(17)24-4)20-19(21)15-7-5-6-14(10-15)12-22-2/h5-11,13H,12H2,1-4H3,(H,20,21). The van der Waals surface area contributed by atoms with Gasteiger partial charge in [0, 0.05) is 24.3 Å². The monoisotopic (exact) mass is 329 g/mol. The van der Waals surface area contributed by atoms with Crippen molar-refractivity contribution in [3.05, 3.63) is 59.2 Å². The second-order valence-corrected chi connectivity index (χ2v) is 5.44. The summed E-state index contributed by atoms with van der Waals surface area (Å²) < 4.78 is 15.7. The van der Waals surface area contributed by atoms with E-state index >= 15 is 0 Å². The number of hydrogen-bond donors (Lipinski definition) is 1. The van der Waals surface area contributed by atoms with Crippen LogP contribution in [0.25, 0.3) is 0 Å². The summed E-state index contributed by atoms with van der Waals surface area (Å²) in [6.07, 6.45) is 0. The molecule has 1 amide bonds. The fourth-order valence-corrected chi connectivity index (χ4v) is 2.50. The first-order valence-electron chi connectivity index (χ1n) is 7.69. The molecule has 0 saturated carbocycles. The van der Waals surface area contributed by atoms with Crippen LogP contribution >= 0.6 is 0 Å². The van der Waals surface area contributed by atoms with E-state index in [1.807, 2.05) is 37.3 Å². The Balaban J connectivity index is 2.15. The molecule has 0 radical (unpaired) electrons. The third-order valence-electron chi connectivity index (χ3n) is 3.75. The molecule has 0 fully saturated rings. The van der Waals surface area contributed by atoms with E-state index in [0.717, 1.165) is 11.1 Å². The van der Waals surface area contributed by atoms with Crippen molar-refractivity contribution >= 4 is 5.91 Å². The SMILES string of the molecule is COCc1cccc(C(=O)NC(C)c2ccc(OC)cc2OC)c1. The van der Waals surface area contributed by atoms with Gasteiger partial charge in [0.1, 0.15) is 11.5 Å². The number of methoxy groups -OCH3 is 3. The number of carbonyl (C=O) groups excluding carboxylic acids is 1. The Bertz CT molecular complexity index is 700. The lowest BCUT2D eigenvalue weighted by Crippen LogP contribution is -2.27. The average Bonchev–Trinajstić information content (AvgIpc) is 2.61. The van der Waals surface area contributed by atoms with Crippen LogP contribution in [0.5, 0.6) is 11.5 Å². The molecule has 2 rings (SSSR count). The van der Waals surface area contributed by atoms with Crippen molar-refractivity contribution < 1.29 is 19.0 Å². The minimum absolute atomic E-state index is 0.140. The number of rotatable bonds is 7. The quantitative estimate of drug-likeness (QED) is 0.846. The van der Waals surface area contributed by atoms with E-state index in [9.17, 15) is 4.79 Å².